The molecule has 5 nitrogen and oxygen atoms in total. The highest BCUT2D eigenvalue weighted by molar-refractivity contribution is 6.32. The summed E-state index contributed by atoms with van der Waals surface area (Å²) < 4.78 is 13.0. The van der Waals surface area contributed by atoms with Gasteiger partial charge in [-0.05, 0) is 61.4 Å². The zero-order valence-corrected chi connectivity index (χ0v) is 17.4. The highest BCUT2D eigenvalue weighted by Gasteiger charge is 2.09. The van der Waals surface area contributed by atoms with E-state index in [1.807, 2.05) is 50.2 Å². The molecular formula is C23H23ClN2O3. The summed E-state index contributed by atoms with van der Waals surface area (Å²) in [6.45, 7) is 4.87. The van der Waals surface area contributed by atoms with Crippen LogP contribution in [0.5, 0.6) is 11.5 Å². The number of halogens is 1. The van der Waals surface area contributed by atoms with Crippen molar-refractivity contribution >= 4 is 23.5 Å². The van der Waals surface area contributed by atoms with Crippen LogP contribution in [0.4, 0.5) is 0 Å². The normalized spacial score (nSPS) is 11.0. The summed E-state index contributed by atoms with van der Waals surface area (Å²) in [7, 11) is 1.61. The second-order valence-electron chi connectivity index (χ2n) is 6.52. The van der Waals surface area contributed by atoms with Gasteiger partial charge in [-0.15, -0.1) is 0 Å². The van der Waals surface area contributed by atoms with E-state index in [0.29, 0.717) is 35.4 Å². The van der Waals surface area contributed by atoms with Crippen LogP contribution >= 0.6 is 11.6 Å². The summed E-state index contributed by atoms with van der Waals surface area (Å²) >= 11 is 6.25. The second kappa shape index (κ2) is 9.43. The van der Waals surface area contributed by atoms with Gasteiger partial charge in [0, 0.05) is 18.3 Å². The van der Waals surface area contributed by atoms with Gasteiger partial charge in [0.25, 0.3) is 0 Å². The molecule has 1 aromatic heterocycles. The topological polar surface area (TPSA) is 53.4 Å². The van der Waals surface area contributed by atoms with Crippen LogP contribution in [0.3, 0.4) is 0 Å². The monoisotopic (exact) mass is 410 g/mol. The quantitative estimate of drug-likeness (QED) is 0.371. The number of ether oxygens (including phenoxy) is 2. The van der Waals surface area contributed by atoms with Crippen molar-refractivity contribution in [1.29, 1.82) is 0 Å². The Labute approximate surface area is 175 Å². The van der Waals surface area contributed by atoms with Crippen LogP contribution in [0, 0.1) is 6.92 Å². The highest BCUT2D eigenvalue weighted by atomic mass is 35.5. The third-order valence-electron chi connectivity index (χ3n) is 4.47. The number of nitrogens with zero attached hydrogens (tertiary/aromatic N) is 2. The Kier molecular flexibility index (Phi) is 6.73. The first-order valence-electron chi connectivity index (χ1n) is 9.32. The Hall–Kier alpha value is -3.05. The van der Waals surface area contributed by atoms with E-state index in [2.05, 4.69) is 5.10 Å². The Balaban J connectivity index is 1.76. The van der Waals surface area contributed by atoms with Crippen LogP contribution in [-0.4, -0.2) is 22.7 Å². The lowest BCUT2D eigenvalue weighted by atomic mass is 10.1. The highest BCUT2D eigenvalue weighted by Crippen LogP contribution is 2.28. The van der Waals surface area contributed by atoms with Gasteiger partial charge in [0.05, 0.1) is 12.1 Å². The van der Waals surface area contributed by atoms with Crippen LogP contribution in [0.2, 0.25) is 5.02 Å². The summed E-state index contributed by atoms with van der Waals surface area (Å²) in [5.41, 5.74) is 3.36. The number of benzene rings is 2. The van der Waals surface area contributed by atoms with Gasteiger partial charge in [-0.3, -0.25) is 9.48 Å². The maximum absolute atomic E-state index is 12.4. The molecule has 0 N–H and O–H groups in total. The fourth-order valence-electron chi connectivity index (χ4n) is 2.94. The standard InChI is InChI=1S/C23H23ClN2O3/c1-4-26-20(11-12-25-26)21(27)8-6-17-7-10-22(28-3)18(14-17)15-29-23-9-5-16(2)13-19(23)24/h5-14H,4,15H2,1-3H3/b8-6+. The van der Waals surface area contributed by atoms with Gasteiger partial charge in [0.1, 0.15) is 23.8 Å². The molecule has 0 aliphatic carbocycles. The maximum Gasteiger partial charge on any atom is 0.203 e. The maximum atomic E-state index is 12.4. The number of allylic oxidation sites excluding steroid dienone is 1. The number of aromatic nitrogens is 2. The van der Waals surface area contributed by atoms with Gasteiger partial charge >= 0.3 is 0 Å². The van der Waals surface area contributed by atoms with E-state index in [4.69, 9.17) is 21.1 Å². The average Bonchev–Trinajstić information content (AvgIpc) is 3.20. The summed E-state index contributed by atoms with van der Waals surface area (Å²) in [5, 5.41) is 4.70. The van der Waals surface area contributed by atoms with Crippen molar-refractivity contribution in [3.8, 4) is 11.5 Å². The van der Waals surface area contributed by atoms with Crippen molar-refractivity contribution in [2.45, 2.75) is 27.0 Å². The third kappa shape index (κ3) is 5.06. The summed E-state index contributed by atoms with van der Waals surface area (Å²) in [6, 6.07) is 13.1. The predicted molar refractivity (Wildman–Crippen MR) is 115 cm³/mol. The number of ketones is 1. The van der Waals surface area contributed by atoms with Crippen molar-refractivity contribution in [3.05, 3.63) is 82.1 Å². The van der Waals surface area contributed by atoms with Crippen molar-refractivity contribution in [2.75, 3.05) is 7.11 Å². The van der Waals surface area contributed by atoms with Crippen LogP contribution in [0.25, 0.3) is 6.08 Å². The van der Waals surface area contributed by atoms with Gasteiger partial charge in [-0.2, -0.15) is 5.10 Å². The number of aryl methyl sites for hydroxylation is 2. The smallest absolute Gasteiger partial charge is 0.203 e. The van der Waals surface area contributed by atoms with E-state index in [9.17, 15) is 4.79 Å². The fourth-order valence-corrected chi connectivity index (χ4v) is 3.23. The first-order valence-corrected chi connectivity index (χ1v) is 9.69. The van der Waals surface area contributed by atoms with E-state index in [1.54, 1.807) is 36.2 Å². The average molecular weight is 411 g/mol. The van der Waals surface area contributed by atoms with Gasteiger partial charge in [-0.25, -0.2) is 0 Å². The number of hydrogen-bond donors (Lipinski definition) is 0. The molecule has 0 aliphatic rings. The minimum Gasteiger partial charge on any atom is -0.496 e. The molecule has 0 radical (unpaired) electrons. The summed E-state index contributed by atoms with van der Waals surface area (Å²) in [6.07, 6.45) is 4.95. The van der Waals surface area contributed by atoms with Crippen LogP contribution in [-0.2, 0) is 13.2 Å². The van der Waals surface area contributed by atoms with Crippen molar-refractivity contribution in [1.82, 2.24) is 9.78 Å². The molecule has 0 saturated carbocycles. The van der Waals surface area contributed by atoms with Gasteiger partial charge in [0.15, 0.2) is 0 Å². The molecule has 6 heteroatoms. The van der Waals surface area contributed by atoms with Gasteiger partial charge in [0.2, 0.25) is 5.78 Å². The zero-order chi connectivity index (χ0) is 20.8. The molecule has 150 valence electrons. The van der Waals surface area contributed by atoms with E-state index >= 15 is 0 Å². The number of methoxy groups -OCH3 is 1. The van der Waals surface area contributed by atoms with Crippen LogP contribution in [0.1, 0.15) is 34.1 Å². The Morgan fingerprint density at radius 2 is 1.97 bits per heavy atom. The van der Waals surface area contributed by atoms with E-state index < -0.39 is 0 Å². The summed E-state index contributed by atoms with van der Waals surface area (Å²) in [4.78, 5) is 12.4. The number of carbonyl (C=O) groups excluding carboxylic acids is 1. The fraction of sp³-hybridized carbons (Fsp3) is 0.217. The Morgan fingerprint density at radius 1 is 1.17 bits per heavy atom. The molecule has 0 saturated heterocycles. The van der Waals surface area contributed by atoms with E-state index in [-0.39, 0.29) is 5.78 Å². The van der Waals surface area contributed by atoms with Crippen molar-refractivity contribution < 1.29 is 14.3 Å². The van der Waals surface area contributed by atoms with E-state index in [1.165, 1.54) is 0 Å². The zero-order valence-electron chi connectivity index (χ0n) is 16.7. The molecule has 1 heterocycles. The largest absolute Gasteiger partial charge is 0.496 e. The number of rotatable bonds is 8. The molecule has 3 aromatic rings. The van der Waals surface area contributed by atoms with Crippen LogP contribution < -0.4 is 9.47 Å². The summed E-state index contributed by atoms with van der Waals surface area (Å²) in [5.74, 6) is 1.23. The Morgan fingerprint density at radius 3 is 2.69 bits per heavy atom. The van der Waals surface area contributed by atoms with Crippen molar-refractivity contribution in [2.24, 2.45) is 0 Å². The first-order chi connectivity index (χ1) is 14.0. The first kappa shape index (κ1) is 20.7. The minimum atomic E-state index is -0.0931. The molecule has 3 rings (SSSR count). The lowest BCUT2D eigenvalue weighted by Gasteiger charge is -2.12. The molecule has 0 unspecified atom stereocenters. The number of carbonyl (C=O) groups is 1. The lowest BCUT2D eigenvalue weighted by molar-refractivity contribution is 0.103. The molecular weight excluding hydrogens is 388 g/mol. The predicted octanol–water partition coefficient (Wildman–Crippen LogP) is 5.35. The van der Waals surface area contributed by atoms with Crippen molar-refractivity contribution in [3.63, 3.8) is 0 Å². The molecule has 0 amide bonds. The molecule has 0 spiro atoms. The molecule has 0 fully saturated rings. The minimum absolute atomic E-state index is 0.0931. The van der Waals surface area contributed by atoms with Gasteiger partial charge < -0.3 is 9.47 Å². The lowest BCUT2D eigenvalue weighted by Crippen LogP contribution is -2.07. The molecule has 0 atom stereocenters. The Bertz CT molecular complexity index is 1040. The SMILES string of the molecule is CCn1nccc1C(=O)/C=C/c1ccc(OC)c(COc2ccc(C)cc2Cl)c1. The second-order valence-corrected chi connectivity index (χ2v) is 6.93. The van der Waals surface area contributed by atoms with E-state index in [0.717, 1.165) is 16.7 Å². The van der Waals surface area contributed by atoms with Crippen LogP contribution in [0.15, 0.2) is 54.7 Å². The third-order valence-corrected chi connectivity index (χ3v) is 4.77. The molecule has 2 aromatic carbocycles. The molecule has 0 aliphatic heterocycles. The van der Waals surface area contributed by atoms with Gasteiger partial charge in [-0.1, -0.05) is 29.8 Å². The molecule has 0 bridgehead atoms. The molecule has 29 heavy (non-hydrogen) atoms. The number of hydrogen-bond acceptors (Lipinski definition) is 4.